The molecule has 0 bridgehead atoms. The van der Waals surface area contributed by atoms with Crippen LogP contribution in [-0.4, -0.2) is 52.8 Å². The Balaban J connectivity index is 1.54. The van der Waals surface area contributed by atoms with Crippen LogP contribution in [0, 0.1) is 6.92 Å². The Labute approximate surface area is 217 Å². The van der Waals surface area contributed by atoms with E-state index in [0.717, 1.165) is 54.6 Å². The minimum atomic E-state index is -0.396. The van der Waals surface area contributed by atoms with E-state index in [1.807, 2.05) is 79.7 Å². The average molecular weight is 497 g/mol. The number of hydrogen-bond donors (Lipinski definition) is 1. The molecular weight excluding hydrogens is 464 g/mol. The van der Waals surface area contributed by atoms with Crippen molar-refractivity contribution in [3.8, 4) is 11.5 Å². The summed E-state index contributed by atoms with van der Waals surface area (Å²) in [5, 5.41) is 11.2. The van der Waals surface area contributed by atoms with Crippen molar-refractivity contribution in [3.05, 3.63) is 118 Å². The van der Waals surface area contributed by atoms with Crippen LogP contribution in [0.4, 0.5) is 5.82 Å². The molecule has 1 fully saturated rings. The number of methoxy groups -OCH3 is 1. The summed E-state index contributed by atoms with van der Waals surface area (Å²) >= 11 is 0. The van der Waals surface area contributed by atoms with Gasteiger partial charge in [-0.25, -0.2) is 4.98 Å². The molecule has 37 heavy (non-hydrogen) atoms. The zero-order chi connectivity index (χ0) is 25.8. The highest BCUT2D eigenvalue weighted by Crippen LogP contribution is 2.34. The number of rotatable bonds is 7. The van der Waals surface area contributed by atoms with Gasteiger partial charge in [0.15, 0.2) is 0 Å². The zero-order valence-corrected chi connectivity index (χ0v) is 21.2. The molecule has 0 unspecified atom stereocenters. The molecule has 0 saturated carbocycles. The van der Waals surface area contributed by atoms with Crippen LogP contribution in [0.25, 0.3) is 0 Å². The Hall–Kier alpha value is -4.10. The zero-order valence-electron chi connectivity index (χ0n) is 21.2. The van der Waals surface area contributed by atoms with E-state index >= 15 is 0 Å². The molecule has 1 aliphatic rings. The van der Waals surface area contributed by atoms with Gasteiger partial charge in [-0.1, -0.05) is 48.5 Å². The van der Waals surface area contributed by atoms with Crippen LogP contribution >= 0.6 is 0 Å². The van der Waals surface area contributed by atoms with E-state index in [1.165, 1.54) is 0 Å². The van der Waals surface area contributed by atoms with Gasteiger partial charge in [-0.05, 0) is 48.4 Å². The summed E-state index contributed by atoms with van der Waals surface area (Å²) in [6.45, 7) is 5.30. The fourth-order valence-corrected chi connectivity index (χ4v) is 5.08. The lowest BCUT2D eigenvalue weighted by atomic mass is 9.95. The number of pyridine rings is 2. The molecule has 0 aliphatic carbocycles. The molecule has 2 aromatic carbocycles. The van der Waals surface area contributed by atoms with E-state index in [4.69, 9.17) is 4.74 Å². The Morgan fingerprint density at radius 3 is 2.30 bits per heavy atom. The second kappa shape index (κ2) is 10.9. The minimum absolute atomic E-state index is 0.0276. The van der Waals surface area contributed by atoms with Crippen LogP contribution < -0.4 is 15.2 Å². The van der Waals surface area contributed by atoms with Gasteiger partial charge in [0.25, 0.3) is 5.56 Å². The van der Waals surface area contributed by atoms with Crippen molar-refractivity contribution in [2.75, 3.05) is 38.2 Å². The highest BCUT2D eigenvalue weighted by molar-refractivity contribution is 5.44. The number of anilines is 1. The largest absolute Gasteiger partial charge is 0.507 e. The van der Waals surface area contributed by atoms with Crippen LogP contribution in [0.1, 0.15) is 28.4 Å². The summed E-state index contributed by atoms with van der Waals surface area (Å²) in [5.41, 5.74) is 2.93. The maximum absolute atomic E-state index is 14.0. The summed E-state index contributed by atoms with van der Waals surface area (Å²) in [7, 11) is 1.64. The molecule has 0 amide bonds. The van der Waals surface area contributed by atoms with Gasteiger partial charge in [0.1, 0.15) is 17.3 Å². The summed E-state index contributed by atoms with van der Waals surface area (Å²) in [4.78, 5) is 23.0. The van der Waals surface area contributed by atoms with E-state index in [-0.39, 0.29) is 11.3 Å². The van der Waals surface area contributed by atoms with Gasteiger partial charge in [0.2, 0.25) is 0 Å². The normalized spacial score (nSPS) is 14.9. The molecule has 0 spiro atoms. The van der Waals surface area contributed by atoms with E-state index in [9.17, 15) is 9.90 Å². The third kappa shape index (κ3) is 5.22. The van der Waals surface area contributed by atoms with Crippen LogP contribution in [0.2, 0.25) is 0 Å². The van der Waals surface area contributed by atoms with Gasteiger partial charge in [-0.3, -0.25) is 9.69 Å². The fraction of sp³-hybridized carbons (Fsp3) is 0.267. The second-order valence-corrected chi connectivity index (χ2v) is 9.35. The van der Waals surface area contributed by atoms with Crippen molar-refractivity contribution >= 4 is 5.82 Å². The van der Waals surface area contributed by atoms with Crippen LogP contribution in [-0.2, 0) is 6.54 Å². The predicted molar refractivity (Wildman–Crippen MR) is 146 cm³/mol. The third-order valence-electron chi connectivity index (χ3n) is 7.06. The Morgan fingerprint density at radius 2 is 1.65 bits per heavy atom. The first kappa shape index (κ1) is 24.6. The molecule has 7 heteroatoms. The number of aryl methyl sites for hydroxylation is 1. The van der Waals surface area contributed by atoms with E-state index in [1.54, 1.807) is 23.9 Å². The highest BCUT2D eigenvalue weighted by atomic mass is 16.5. The quantitative estimate of drug-likeness (QED) is 0.413. The standard InChI is InChI=1S/C30H32N4O3/c1-22-20-26(35)28(30(36)34(22)21-23-8-4-3-5-9-23)29(24-11-13-25(37-2)14-12-24)33-18-16-32(17-19-33)27-10-6-7-15-31-27/h3-15,20,29,35H,16-19,21H2,1-2H3/t29-/m1/s1. The fourth-order valence-electron chi connectivity index (χ4n) is 5.08. The lowest BCUT2D eigenvalue weighted by molar-refractivity contribution is 0.207. The molecule has 1 N–H and O–H groups in total. The number of ether oxygens (including phenoxy) is 1. The van der Waals surface area contributed by atoms with Gasteiger partial charge in [-0.2, -0.15) is 0 Å². The maximum Gasteiger partial charge on any atom is 0.259 e. The van der Waals surface area contributed by atoms with Crippen molar-refractivity contribution < 1.29 is 9.84 Å². The number of benzene rings is 2. The summed E-state index contributed by atoms with van der Waals surface area (Å²) in [5.74, 6) is 1.73. The molecule has 1 atom stereocenters. The first-order chi connectivity index (χ1) is 18.0. The monoisotopic (exact) mass is 496 g/mol. The lowest BCUT2D eigenvalue weighted by Crippen LogP contribution is -2.49. The maximum atomic E-state index is 14.0. The predicted octanol–water partition coefficient (Wildman–Crippen LogP) is 4.23. The third-order valence-corrected chi connectivity index (χ3v) is 7.06. The lowest BCUT2D eigenvalue weighted by Gasteiger charge is -2.40. The highest BCUT2D eigenvalue weighted by Gasteiger charge is 2.31. The SMILES string of the molecule is COc1ccc([C@H](c2c(O)cc(C)n(Cc3ccccc3)c2=O)N2CCN(c3ccccn3)CC2)cc1. The first-order valence-corrected chi connectivity index (χ1v) is 12.6. The number of piperazine rings is 1. The smallest absolute Gasteiger partial charge is 0.259 e. The topological polar surface area (TPSA) is 70.8 Å². The van der Waals surface area contributed by atoms with Crippen LogP contribution in [0.15, 0.2) is 89.9 Å². The van der Waals surface area contributed by atoms with E-state index < -0.39 is 6.04 Å². The summed E-state index contributed by atoms with van der Waals surface area (Å²) in [6, 6.07) is 24.9. The summed E-state index contributed by atoms with van der Waals surface area (Å²) in [6.07, 6.45) is 1.81. The molecule has 7 nitrogen and oxygen atoms in total. The molecule has 3 heterocycles. The van der Waals surface area contributed by atoms with Crippen molar-refractivity contribution in [1.29, 1.82) is 0 Å². The molecule has 1 aliphatic heterocycles. The molecule has 5 rings (SSSR count). The number of aromatic nitrogens is 2. The Bertz CT molecular complexity index is 1380. The van der Waals surface area contributed by atoms with Crippen LogP contribution in [0.3, 0.4) is 0 Å². The van der Waals surface area contributed by atoms with E-state index in [0.29, 0.717) is 12.1 Å². The Morgan fingerprint density at radius 1 is 0.946 bits per heavy atom. The van der Waals surface area contributed by atoms with Gasteiger partial charge >= 0.3 is 0 Å². The van der Waals surface area contributed by atoms with Crippen molar-refractivity contribution in [1.82, 2.24) is 14.5 Å². The molecule has 2 aromatic heterocycles. The van der Waals surface area contributed by atoms with Crippen molar-refractivity contribution in [3.63, 3.8) is 0 Å². The van der Waals surface area contributed by atoms with E-state index in [2.05, 4.69) is 14.8 Å². The molecule has 1 saturated heterocycles. The molecule has 0 radical (unpaired) electrons. The second-order valence-electron chi connectivity index (χ2n) is 9.35. The molecular formula is C30H32N4O3. The Kier molecular flexibility index (Phi) is 7.23. The van der Waals surface area contributed by atoms with Crippen LogP contribution in [0.5, 0.6) is 11.5 Å². The van der Waals surface area contributed by atoms with Gasteiger partial charge in [-0.15, -0.1) is 0 Å². The first-order valence-electron chi connectivity index (χ1n) is 12.6. The minimum Gasteiger partial charge on any atom is -0.507 e. The molecule has 190 valence electrons. The number of nitrogens with zero attached hydrogens (tertiary/aromatic N) is 4. The van der Waals surface area contributed by atoms with Gasteiger partial charge < -0.3 is 19.3 Å². The van der Waals surface area contributed by atoms with Crippen molar-refractivity contribution in [2.24, 2.45) is 0 Å². The van der Waals surface area contributed by atoms with Gasteiger partial charge in [0, 0.05) is 38.1 Å². The molecule has 4 aromatic rings. The number of aromatic hydroxyl groups is 1. The number of hydrogen-bond acceptors (Lipinski definition) is 6. The summed E-state index contributed by atoms with van der Waals surface area (Å²) < 4.78 is 7.12. The average Bonchev–Trinajstić information content (AvgIpc) is 2.94. The van der Waals surface area contributed by atoms with Gasteiger partial charge in [0.05, 0.1) is 25.3 Å². The van der Waals surface area contributed by atoms with Crippen molar-refractivity contribution in [2.45, 2.75) is 19.5 Å².